The van der Waals surface area contributed by atoms with Crippen LogP contribution in [0.2, 0.25) is 0 Å². The van der Waals surface area contributed by atoms with E-state index >= 15 is 0 Å². The van der Waals surface area contributed by atoms with Gasteiger partial charge in [-0.05, 0) is 25.1 Å². The standard InChI is InChI=1S/C10H9NO3/c1-2-13-10(12)7-3-4-8-9(5-7)14-6-11-8/h3-6H,2H2,1H3. The van der Waals surface area contributed by atoms with Crippen LogP contribution in [0.5, 0.6) is 0 Å². The molecule has 0 atom stereocenters. The van der Waals surface area contributed by atoms with Gasteiger partial charge in [-0.25, -0.2) is 9.78 Å². The molecule has 0 amide bonds. The Labute approximate surface area is 80.5 Å². The van der Waals surface area contributed by atoms with Gasteiger partial charge in [0, 0.05) is 0 Å². The van der Waals surface area contributed by atoms with Crippen molar-refractivity contribution in [1.29, 1.82) is 0 Å². The highest BCUT2D eigenvalue weighted by atomic mass is 16.5. The lowest BCUT2D eigenvalue weighted by Gasteiger charge is -2.00. The van der Waals surface area contributed by atoms with E-state index in [2.05, 4.69) is 4.98 Å². The molecule has 2 rings (SSSR count). The van der Waals surface area contributed by atoms with Crippen LogP contribution < -0.4 is 0 Å². The highest BCUT2D eigenvalue weighted by Gasteiger charge is 2.08. The first-order valence-corrected chi connectivity index (χ1v) is 4.31. The molecule has 0 saturated carbocycles. The molecule has 0 N–H and O–H groups in total. The van der Waals surface area contributed by atoms with Gasteiger partial charge in [0.25, 0.3) is 0 Å². The maximum atomic E-state index is 11.3. The zero-order chi connectivity index (χ0) is 9.97. The van der Waals surface area contributed by atoms with Crippen molar-refractivity contribution in [3.8, 4) is 0 Å². The largest absolute Gasteiger partial charge is 0.462 e. The van der Waals surface area contributed by atoms with Crippen LogP contribution in [-0.4, -0.2) is 17.6 Å². The molecule has 0 radical (unpaired) electrons. The summed E-state index contributed by atoms with van der Waals surface area (Å²) < 4.78 is 9.92. The van der Waals surface area contributed by atoms with Gasteiger partial charge >= 0.3 is 5.97 Å². The van der Waals surface area contributed by atoms with Crippen molar-refractivity contribution in [3.05, 3.63) is 30.2 Å². The Morgan fingerprint density at radius 3 is 3.21 bits per heavy atom. The first-order chi connectivity index (χ1) is 6.81. The second kappa shape index (κ2) is 3.49. The van der Waals surface area contributed by atoms with Crippen LogP contribution in [0.25, 0.3) is 11.1 Å². The van der Waals surface area contributed by atoms with Crippen LogP contribution in [0, 0.1) is 0 Å². The van der Waals surface area contributed by atoms with Crippen LogP contribution in [0.15, 0.2) is 29.0 Å². The lowest BCUT2D eigenvalue weighted by molar-refractivity contribution is 0.0526. The molecule has 0 aliphatic heterocycles. The van der Waals surface area contributed by atoms with Crippen molar-refractivity contribution in [2.75, 3.05) is 6.61 Å². The van der Waals surface area contributed by atoms with Gasteiger partial charge in [-0.2, -0.15) is 0 Å². The number of ether oxygens (including phenoxy) is 1. The van der Waals surface area contributed by atoms with Crippen molar-refractivity contribution in [3.63, 3.8) is 0 Å². The zero-order valence-corrected chi connectivity index (χ0v) is 7.69. The number of hydrogen-bond acceptors (Lipinski definition) is 4. The molecule has 4 heteroatoms. The highest BCUT2D eigenvalue weighted by molar-refractivity contribution is 5.93. The van der Waals surface area contributed by atoms with Crippen LogP contribution in [-0.2, 0) is 4.74 Å². The molecule has 0 bridgehead atoms. The molecule has 0 unspecified atom stereocenters. The monoisotopic (exact) mass is 191 g/mol. The van der Waals surface area contributed by atoms with Crippen molar-refractivity contribution < 1.29 is 13.9 Å². The maximum Gasteiger partial charge on any atom is 0.338 e. The first kappa shape index (κ1) is 8.74. The van der Waals surface area contributed by atoms with Gasteiger partial charge in [0.15, 0.2) is 12.0 Å². The SMILES string of the molecule is CCOC(=O)c1ccc2ncoc2c1. The summed E-state index contributed by atoms with van der Waals surface area (Å²) in [6.45, 7) is 2.14. The smallest absolute Gasteiger partial charge is 0.338 e. The molecule has 4 nitrogen and oxygen atoms in total. The molecule has 1 aromatic carbocycles. The average molecular weight is 191 g/mol. The van der Waals surface area contributed by atoms with Gasteiger partial charge < -0.3 is 9.15 Å². The number of nitrogens with zero attached hydrogens (tertiary/aromatic N) is 1. The fourth-order valence-electron chi connectivity index (χ4n) is 1.20. The number of esters is 1. The third-order valence-corrected chi connectivity index (χ3v) is 1.84. The summed E-state index contributed by atoms with van der Waals surface area (Å²) >= 11 is 0. The molecule has 0 spiro atoms. The molecular formula is C10H9NO3. The van der Waals surface area contributed by atoms with E-state index in [0.717, 1.165) is 5.52 Å². The fourth-order valence-corrected chi connectivity index (χ4v) is 1.20. The van der Waals surface area contributed by atoms with E-state index in [1.54, 1.807) is 25.1 Å². The lowest BCUT2D eigenvalue weighted by Crippen LogP contribution is -2.03. The minimum Gasteiger partial charge on any atom is -0.462 e. The molecular weight excluding hydrogens is 182 g/mol. The minimum absolute atomic E-state index is 0.342. The Morgan fingerprint density at radius 2 is 2.43 bits per heavy atom. The molecule has 1 aromatic heterocycles. The first-order valence-electron chi connectivity index (χ1n) is 4.31. The number of hydrogen-bond donors (Lipinski definition) is 0. The second-order valence-electron chi connectivity index (χ2n) is 2.76. The number of aromatic nitrogens is 1. The zero-order valence-electron chi connectivity index (χ0n) is 7.69. The molecule has 0 saturated heterocycles. The molecule has 1 heterocycles. The van der Waals surface area contributed by atoms with Crippen molar-refractivity contribution in [1.82, 2.24) is 4.98 Å². The molecule has 0 aliphatic carbocycles. The fraction of sp³-hybridized carbons (Fsp3) is 0.200. The number of carbonyl (C=O) groups excluding carboxylic acids is 1. The van der Waals surface area contributed by atoms with Crippen LogP contribution in [0.3, 0.4) is 0 Å². The Morgan fingerprint density at radius 1 is 1.57 bits per heavy atom. The van der Waals surface area contributed by atoms with Crippen LogP contribution in [0.1, 0.15) is 17.3 Å². The molecule has 72 valence electrons. The average Bonchev–Trinajstić information content (AvgIpc) is 2.64. The third kappa shape index (κ3) is 1.46. The van der Waals surface area contributed by atoms with Gasteiger partial charge in [0.05, 0.1) is 12.2 Å². The molecule has 14 heavy (non-hydrogen) atoms. The number of oxazole rings is 1. The summed E-state index contributed by atoms with van der Waals surface area (Å²) in [5, 5.41) is 0. The van der Waals surface area contributed by atoms with Gasteiger partial charge in [0.1, 0.15) is 5.52 Å². The Balaban J connectivity index is 2.38. The summed E-state index contributed by atoms with van der Waals surface area (Å²) in [6.07, 6.45) is 1.35. The Hall–Kier alpha value is -1.84. The summed E-state index contributed by atoms with van der Waals surface area (Å²) in [4.78, 5) is 15.3. The predicted molar refractivity (Wildman–Crippen MR) is 50.0 cm³/mol. The van der Waals surface area contributed by atoms with Crippen molar-refractivity contribution >= 4 is 17.1 Å². The van der Waals surface area contributed by atoms with E-state index in [4.69, 9.17) is 9.15 Å². The second-order valence-corrected chi connectivity index (χ2v) is 2.76. The van der Waals surface area contributed by atoms with Crippen LogP contribution in [0.4, 0.5) is 0 Å². The normalized spacial score (nSPS) is 10.4. The molecule has 0 fully saturated rings. The summed E-state index contributed by atoms with van der Waals surface area (Å²) in [5.41, 5.74) is 1.81. The van der Waals surface area contributed by atoms with Gasteiger partial charge in [-0.15, -0.1) is 0 Å². The van der Waals surface area contributed by atoms with E-state index in [-0.39, 0.29) is 5.97 Å². The minimum atomic E-state index is -0.342. The number of benzene rings is 1. The van der Waals surface area contributed by atoms with Crippen molar-refractivity contribution in [2.24, 2.45) is 0 Å². The lowest BCUT2D eigenvalue weighted by atomic mass is 10.2. The number of rotatable bonds is 2. The topological polar surface area (TPSA) is 52.3 Å². The summed E-state index contributed by atoms with van der Waals surface area (Å²) in [7, 11) is 0. The summed E-state index contributed by atoms with van der Waals surface area (Å²) in [6, 6.07) is 5.02. The quantitative estimate of drug-likeness (QED) is 0.681. The van der Waals surface area contributed by atoms with E-state index in [0.29, 0.717) is 17.8 Å². The maximum absolute atomic E-state index is 11.3. The molecule has 2 aromatic rings. The van der Waals surface area contributed by atoms with Gasteiger partial charge in [-0.1, -0.05) is 0 Å². The van der Waals surface area contributed by atoms with E-state index < -0.39 is 0 Å². The predicted octanol–water partition coefficient (Wildman–Crippen LogP) is 2.00. The van der Waals surface area contributed by atoms with Crippen LogP contribution >= 0.6 is 0 Å². The number of fused-ring (bicyclic) bond motifs is 1. The third-order valence-electron chi connectivity index (χ3n) is 1.84. The van der Waals surface area contributed by atoms with Crippen molar-refractivity contribution in [2.45, 2.75) is 6.92 Å². The van der Waals surface area contributed by atoms with Gasteiger partial charge in [-0.3, -0.25) is 0 Å². The van der Waals surface area contributed by atoms with E-state index in [1.807, 2.05) is 0 Å². The Kier molecular flexibility index (Phi) is 2.18. The Bertz CT molecular complexity index is 461. The highest BCUT2D eigenvalue weighted by Crippen LogP contribution is 2.14. The summed E-state index contributed by atoms with van der Waals surface area (Å²) in [5.74, 6) is -0.342. The number of carbonyl (C=O) groups is 1. The molecule has 0 aliphatic rings. The van der Waals surface area contributed by atoms with E-state index in [9.17, 15) is 4.79 Å². The van der Waals surface area contributed by atoms with Gasteiger partial charge in [0.2, 0.25) is 0 Å². The van der Waals surface area contributed by atoms with E-state index in [1.165, 1.54) is 6.39 Å².